The lowest BCUT2D eigenvalue weighted by Gasteiger charge is -2.21. The second-order valence-corrected chi connectivity index (χ2v) is 6.59. The van der Waals surface area contributed by atoms with E-state index in [0.717, 1.165) is 5.75 Å². The van der Waals surface area contributed by atoms with Gasteiger partial charge in [-0.1, -0.05) is 48.2 Å². The van der Waals surface area contributed by atoms with Crippen LogP contribution in [0.1, 0.15) is 17.3 Å². The summed E-state index contributed by atoms with van der Waals surface area (Å²) >= 11 is 1.50. The van der Waals surface area contributed by atoms with E-state index in [9.17, 15) is 9.90 Å². The van der Waals surface area contributed by atoms with Gasteiger partial charge in [0.15, 0.2) is 0 Å². The lowest BCUT2D eigenvalue weighted by molar-refractivity contribution is -0.132. The molecule has 3 aromatic rings. The molecule has 1 aliphatic heterocycles. The fourth-order valence-electron chi connectivity index (χ4n) is 2.64. The molecule has 1 aliphatic rings. The first kappa shape index (κ1) is 16.3. The predicted octanol–water partition coefficient (Wildman–Crippen LogP) is 2.95. The molecule has 0 bridgehead atoms. The van der Waals surface area contributed by atoms with E-state index in [-0.39, 0.29) is 5.70 Å². The molecule has 8 heteroatoms. The number of rotatable bonds is 5. The van der Waals surface area contributed by atoms with Crippen LogP contribution in [0.2, 0.25) is 0 Å². The zero-order valence-corrected chi connectivity index (χ0v) is 14.4. The topological polar surface area (TPSA) is 92.9 Å². The van der Waals surface area contributed by atoms with Gasteiger partial charge in [0, 0.05) is 11.9 Å². The maximum Gasteiger partial charge on any atom is 0.352 e. The Bertz CT molecular complexity index is 956. The van der Waals surface area contributed by atoms with Crippen molar-refractivity contribution >= 4 is 23.7 Å². The Morgan fingerprint density at radius 3 is 2.73 bits per heavy atom. The fourth-order valence-corrected chi connectivity index (χ4v) is 3.43. The Morgan fingerprint density at radius 1 is 1.19 bits per heavy atom. The molecule has 130 valence electrons. The van der Waals surface area contributed by atoms with Crippen LogP contribution in [0, 0.1) is 0 Å². The molecule has 3 heterocycles. The van der Waals surface area contributed by atoms with Crippen molar-refractivity contribution in [3.63, 3.8) is 0 Å². The molecular formula is C18H15N5O2S. The lowest BCUT2D eigenvalue weighted by atomic mass is 10.1. The van der Waals surface area contributed by atoms with Gasteiger partial charge < -0.3 is 10.4 Å². The van der Waals surface area contributed by atoms with Crippen LogP contribution in [-0.2, 0) is 10.5 Å². The largest absolute Gasteiger partial charge is 0.477 e. The average Bonchev–Trinajstić information content (AvgIpc) is 3.10. The minimum atomic E-state index is -1.04. The molecule has 1 atom stereocenters. The third-order valence-electron chi connectivity index (χ3n) is 3.88. The third kappa shape index (κ3) is 3.31. The van der Waals surface area contributed by atoms with Crippen molar-refractivity contribution in [2.45, 2.75) is 17.0 Å². The van der Waals surface area contributed by atoms with Gasteiger partial charge in [-0.15, -0.1) is 5.10 Å². The van der Waals surface area contributed by atoms with Gasteiger partial charge in [0.25, 0.3) is 0 Å². The molecule has 4 rings (SSSR count). The Morgan fingerprint density at radius 2 is 2.00 bits per heavy atom. The number of pyridine rings is 1. The zero-order valence-electron chi connectivity index (χ0n) is 13.6. The number of thioether (sulfide) groups is 1. The number of allylic oxidation sites excluding steroid dienone is 1. The molecule has 1 unspecified atom stereocenters. The van der Waals surface area contributed by atoms with E-state index in [1.165, 1.54) is 17.3 Å². The van der Waals surface area contributed by atoms with E-state index < -0.39 is 12.0 Å². The standard InChI is InChI=1S/C18H15N5O2S/c24-16(25)14-10-15(13-8-4-5-9-19-13)23-17(20-14)21-18(22-23)26-11-12-6-2-1-3-7-12/h1-10,15H,11H2,(H,24,25)(H,20,21,22). The van der Waals surface area contributed by atoms with Crippen LogP contribution < -0.4 is 5.32 Å². The Labute approximate surface area is 153 Å². The molecule has 0 radical (unpaired) electrons. The van der Waals surface area contributed by atoms with Crippen molar-refractivity contribution in [2.24, 2.45) is 0 Å². The number of nitrogens with zero attached hydrogens (tertiary/aromatic N) is 4. The van der Waals surface area contributed by atoms with Gasteiger partial charge in [-0.25, -0.2) is 9.48 Å². The van der Waals surface area contributed by atoms with Gasteiger partial charge in [-0.2, -0.15) is 4.98 Å². The first-order valence-corrected chi connectivity index (χ1v) is 8.95. The number of carbonyl (C=O) groups is 1. The van der Waals surface area contributed by atoms with Crippen LogP contribution in [-0.4, -0.2) is 30.8 Å². The van der Waals surface area contributed by atoms with Crippen molar-refractivity contribution in [3.8, 4) is 0 Å². The molecule has 0 spiro atoms. The van der Waals surface area contributed by atoms with Crippen molar-refractivity contribution in [2.75, 3.05) is 5.32 Å². The zero-order chi connectivity index (χ0) is 17.9. The highest BCUT2D eigenvalue weighted by Crippen LogP contribution is 2.30. The fraction of sp³-hybridized carbons (Fsp3) is 0.111. The number of aromatic nitrogens is 4. The molecule has 0 fully saturated rings. The van der Waals surface area contributed by atoms with Crippen molar-refractivity contribution in [1.82, 2.24) is 19.7 Å². The molecule has 0 aliphatic carbocycles. The van der Waals surface area contributed by atoms with Crippen LogP contribution >= 0.6 is 11.8 Å². The molecule has 2 N–H and O–H groups in total. The lowest BCUT2D eigenvalue weighted by Crippen LogP contribution is -2.24. The van der Waals surface area contributed by atoms with Gasteiger partial charge in [0.1, 0.15) is 11.7 Å². The maximum atomic E-state index is 11.4. The minimum absolute atomic E-state index is 0.0696. The summed E-state index contributed by atoms with van der Waals surface area (Å²) in [6.45, 7) is 0. The Balaban J connectivity index is 1.63. The average molecular weight is 365 g/mol. The summed E-state index contributed by atoms with van der Waals surface area (Å²) in [6.07, 6.45) is 3.27. The summed E-state index contributed by atoms with van der Waals surface area (Å²) in [5, 5.41) is 17.3. The smallest absolute Gasteiger partial charge is 0.352 e. The summed E-state index contributed by atoms with van der Waals surface area (Å²) in [7, 11) is 0. The summed E-state index contributed by atoms with van der Waals surface area (Å²) in [4.78, 5) is 20.2. The van der Waals surface area contributed by atoms with Gasteiger partial charge in [-0.3, -0.25) is 4.98 Å². The van der Waals surface area contributed by atoms with Crippen LogP contribution in [0.25, 0.3) is 0 Å². The van der Waals surface area contributed by atoms with Gasteiger partial charge in [0.05, 0.1) is 5.69 Å². The highest BCUT2D eigenvalue weighted by atomic mass is 32.2. The number of benzene rings is 1. The number of aliphatic carboxylic acids is 1. The first-order valence-electron chi connectivity index (χ1n) is 7.97. The van der Waals surface area contributed by atoms with Crippen LogP contribution in [0.15, 0.2) is 71.7 Å². The monoisotopic (exact) mass is 365 g/mol. The van der Waals surface area contributed by atoms with E-state index in [0.29, 0.717) is 16.8 Å². The first-order chi connectivity index (χ1) is 12.7. The molecule has 0 saturated heterocycles. The van der Waals surface area contributed by atoms with E-state index in [2.05, 4.69) is 20.4 Å². The molecule has 2 aromatic heterocycles. The molecule has 26 heavy (non-hydrogen) atoms. The van der Waals surface area contributed by atoms with Gasteiger partial charge in [0.2, 0.25) is 11.1 Å². The number of carboxylic acids is 1. The van der Waals surface area contributed by atoms with E-state index in [1.807, 2.05) is 48.5 Å². The number of fused-ring (bicyclic) bond motifs is 1. The molecule has 1 aromatic carbocycles. The number of hydrogen-bond donors (Lipinski definition) is 2. The van der Waals surface area contributed by atoms with E-state index >= 15 is 0 Å². The molecular weight excluding hydrogens is 350 g/mol. The molecule has 0 amide bonds. The van der Waals surface area contributed by atoms with E-state index in [4.69, 9.17) is 0 Å². The normalized spacial score (nSPS) is 15.7. The second-order valence-electron chi connectivity index (χ2n) is 5.65. The van der Waals surface area contributed by atoms with Gasteiger partial charge in [-0.05, 0) is 23.8 Å². The summed E-state index contributed by atoms with van der Waals surface area (Å²) < 4.78 is 1.67. The number of hydrogen-bond acceptors (Lipinski definition) is 6. The van der Waals surface area contributed by atoms with Gasteiger partial charge >= 0.3 is 5.97 Å². The van der Waals surface area contributed by atoms with Crippen molar-refractivity contribution < 1.29 is 9.90 Å². The number of nitrogens with one attached hydrogen (secondary N) is 1. The number of carboxylic acid groups (broad SMARTS) is 1. The van der Waals surface area contributed by atoms with Crippen LogP contribution in [0.5, 0.6) is 0 Å². The second kappa shape index (κ2) is 7.01. The summed E-state index contributed by atoms with van der Waals surface area (Å²) in [5.74, 6) is 0.0902. The predicted molar refractivity (Wildman–Crippen MR) is 97.7 cm³/mol. The Kier molecular flexibility index (Phi) is 4.40. The van der Waals surface area contributed by atoms with Crippen LogP contribution in [0.3, 0.4) is 0 Å². The Hall–Kier alpha value is -3.13. The van der Waals surface area contributed by atoms with E-state index in [1.54, 1.807) is 17.0 Å². The van der Waals surface area contributed by atoms with Crippen molar-refractivity contribution in [3.05, 3.63) is 77.8 Å². The molecule has 7 nitrogen and oxygen atoms in total. The van der Waals surface area contributed by atoms with Crippen molar-refractivity contribution in [1.29, 1.82) is 0 Å². The van der Waals surface area contributed by atoms with Crippen LogP contribution in [0.4, 0.5) is 5.95 Å². The third-order valence-corrected chi connectivity index (χ3v) is 4.79. The highest BCUT2D eigenvalue weighted by Gasteiger charge is 2.27. The SMILES string of the molecule is O=C(O)C1=CC(c2ccccn2)n2nc(SCc3ccccc3)nc2N1. The molecule has 0 saturated carbocycles. The maximum absolute atomic E-state index is 11.4. The minimum Gasteiger partial charge on any atom is -0.477 e. The summed E-state index contributed by atoms with van der Waals surface area (Å²) in [6, 6.07) is 15.1. The highest BCUT2D eigenvalue weighted by molar-refractivity contribution is 7.98. The number of anilines is 1. The summed E-state index contributed by atoms with van der Waals surface area (Å²) in [5.41, 5.74) is 1.95. The quantitative estimate of drug-likeness (QED) is 0.672.